The first-order valence-electron chi connectivity index (χ1n) is 7.04. The average molecular weight is 383 g/mol. The molecule has 0 radical (unpaired) electrons. The fourth-order valence-electron chi connectivity index (χ4n) is 1.81. The molecule has 1 amide bonds. The van der Waals surface area contributed by atoms with E-state index in [1.54, 1.807) is 0 Å². The number of amides is 1. The van der Waals surface area contributed by atoms with Gasteiger partial charge in [0.1, 0.15) is 24.2 Å². The van der Waals surface area contributed by atoms with E-state index in [2.05, 4.69) is 5.32 Å². The van der Waals surface area contributed by atoms with Crippen molar-refractivity contribution >= 4 is 34.8 Å². The Kier molecular flexibility index (Phi) is 5.85. The Bertz CT molecular complexity index is 850. The van der Waals surface area contributed by atoms with E-state index in [4.69, 9.17) is 33.2 Å². The van der Waals surface area contributed by atoms with E-state index in [1.165, 1.54) is 37.3 Å². The zero-order valence-electron chi connectivity index (χ0n) is 13.0. The number of nitrogens with one attached hydrogen (secondary N) is 1. The number of nitriles is 1. The Morgan fingerprint density at radius 1 is 1.32 bits per heavy atom. The Morgan fingerprint density at radius 3 is 2.64 bits per heavy atom. The maximum absolute atomic E-state index is 13.4. The SMILES string of the molecule is C[C@](O)(COc1ccc(Cl)c(F)c1)C(=O)Nc1ccc(C#N)c(Cl)c1. The van der Waals surface area contributed by atoms with Crippen LogP contribution >= 0.6 is 23.2 Å². The third-order valence-corrected chi connectivity index (χ3v) is 3.87. The molecule has 0 aliphatic carbocycles. The molecule has 2 N–H and O–H groups in total. The second-order valence-corrected chi connectivity index (χ2v) is 6.21. The molecule has 2 aromatic rings. The Balaban J connectivity index is 2.03. The highest BCUT2D eigenvalue weighted by atomic mass is 35.5. The number of rotatable bonds is 5. The van der Waals surface area contributed by atoms with Gasteiger partial charge in [-0.2, -0.15) is 5.26 Å². The van der Waals surface area contributed by atoms with Crippen molar-refractivity contribution in [2.45, 2.75) is 12.5 Å². The number of nitrogens with zero attached hydrogens (tertiary/aromatic N) is 1. The molecule has 2 aromatic carbocycles. The number of anilines is 1. The van der Waals surface area contributed by atoms with Gasteiger partial charge in [-0.05, 0) is 37.3 Å². The quantitative estimate of drug-likeness (QED) is 0.824. The fourth-order valence-corrected chi connectivity index (χ4v) is 2.15. The summed E-state index contributed by atoms with van der Waals surface area (Å²) in [7, 11) is 0. The second-order valence-electron chi connectivity index (χ2n) is 5.40. The minimum Gasteiger partial charge on any atom is -0.490 e. The summed E-state index contributed by atoms with van der Waals surface area (Å²) >= 11 is 11.5. The molecule has 0 aromatic heterocycles. The van der Waals surface area contributed by atoms with E-state index < -0.39 is 23.9 Å². The van der Waals surface area contributed by atoms with Gasteiger partial charge in [0.25, 0.3) is 5.91 Å². The predicted octanol–water partition coefficient (Wildman–Crippen LogP) is 3.77. The number of hydrogen-bond donors (Lipinski definition) is 2. The largest absolute Gasteiger partial charge is 0.490 e. The number of carbonyl (C=O) groups excluding carboxylic acids is 1. The molecule has 0 spiro atoms. The number of halogens is 3. The normalized spacial score (nSPS) is 12.8. The van der Waals surface area contributed by atoms with Gasteiger partial charge >= 0.3 is 0 Å². The zero-order valence-corrected chi connectivity index (χ0v) is 14.5. The number of carbonyl (C=O) groups is 1. The highest BCUT2D eigenvalue weighted by Gasteiger charge is 2.31. The van der Waals surface area contributed by atoms with Gasteiger partial charge < -0.3 is 15.2 Å². The second kappa shape index (κ2) is 7.70. The lowest BCUT2D eigenvalue weighted by molar-refractivity contribution is -0.135. The van der Waals surface area contributed by atoms with Crippen LogP contribution in [0, 0.1) is 17.1 Å². The monoisotopic (exact) mass is 382 g/mol. The first-order valence-corrected chi connectivity index (χ1v) is 7.80. The lowest BCUT2D eigenvalue weighted by atomic mass is 10.1. The molecule has 2 rings (SSSR count). The molecular weight excluding hydrogens is 370 g/mol. The summed E-state index contributed by atoms with van der Waals surface area (Å²) in [5.74, 6) is -1.30. The van der Waals surface area contributed by atoms with Crippen molar-refractivity contribution in [1.29, 1.82) is 5.26 Å². The van der Waals surface area contributed by atoms with Gasteiger partial charge in [-0.3, -0.25) is 4.79 Å². The molecule has 0 unspecified atom stereocenters. The molecular formula is C17H13Cl2FN2O3. The maximum atomic E-state index is 13.4. The summed E-state index contributed by atoms with van der Waals surface area (Å²) in [5, 5.41) is 21.7. The molecule has 5 nitrogen and oxygen atoms in total. The number of ether oxygens (including phenoxy) is 1. The van der Waals surface area contributed by atoms with Gasteiger partial charge in [-0.15, -0.1) is 0 Å². The van der Waals surface area contributed by atoms with E-state index in [0.717, 1.165) is 6.07 Å². The Hall–Kier alpha value is -2.33. The topological polar surface area (TPSA) is 82.3 Å². The molecule has 8 heteroatoms. The van der Waals surface area contributed by atoms with Crippen LogP contribution in [-0.4, -0.2) is 23.2 Å². The van der Waals surface area contributed by atoms with Crippen LogP contribution in [0.3, 0.4) is 0 Å². The number of aliphatic hydroxyl groups is 1. The lowest BCUT2D eigenvalue weighted by Crippen LogP contribution is -2.45. The van der Waals surface area contributed by atoms with Crippen LogP contribution in [0.2, 0.25) is 10.0 Å². The molecule has 130 valence electrons. The van der Waals surface area contributed by atoms with Crippen molar-refractivity contribution in [3.63, 3.8) is 0 Å². The molecule has 0 bridgehead atoms. The van der Waals surface area contributed by atoms with Crippen LogP contribution in [0.4, 0.5) is 10.1 Å². The maximum Gasteiger partial charge on any atom is 0.259 e. The van der Waals surface area contributed by atoms with E-state index >= 15 is 0 Å². The molecule has 0 saturated heterocycles. The summed E-state index contributed by atoms with van der Waals surface area (Å²) in [4.78, 5) is 12.2. The van der Waals surface area contributed by atoms with Crippen LogP contribution in [0.1, 0.15) is 12.5 Å². The molecule has 0 aliphatic rings. The summed E-state index contributed by atoms with van der Waals surface area (Å²) in [6.07, 6.45) is 0. The van der Waals surface area contributed by atoms with Crippen LogP contribution in [-0.2, 0) is 4.79 Å². The molecule has 25 heavy (non-hydrogen) atoms. The van der Waals surface area contributed by atoms with Crippen molar-refractivity contribution in [3.8, 4) is 11.8 Å². The molecule has 0 saturated carbocycles. The van der Waals surface area contributed by atoms with Crippen LogP contribution in [0.25, 0.3) is 0 Å². The molecule has 1 atom stereocenters. The minimum atomic E-state index is -1.89. The summed E-state index contributed by atoms with van der Waals surface area (Å²) in [6.45, 7) is 0.837. The predicted molar refractivity (Wildman–Crippen MR) is 92.3 cm³/mol. The molecule has 0 heterocycles. The minimum absolute atomic E-state index is 0.0606. The highest BCUT2D eigenvalue weighted by Crippen LogP contribution is 2.23. The van der Waals surface area contributed by atoms with E-state index in [-0.39, 0.29) is 21.4 Å². The lowest BCUT2D eigenvalue weighted by Gasteiger charge is -2.22. The van der Waals surface area contributed by atoms with Crippen molar-refractivity contribution in [1.82, 2.24) is 0 Å². The smallest absolute Gasteiger partial charge is 0.259 e. The summed E-state index contributed by atoms with van der Waals surface area (Å²) in [6, 6.07) is 9.99. The third-order valence-electron chi connectivity index (χ3n) is 3.25. The zero-order chi connectivity index (χ0) is 18.6. The summed E-state index contributed by atoms with van der Waals surface area (Å²) < 4.78 is 18.6. The molecule has 0 aliphatic heterocycles. The van der Waals surface area contributed by atoms with Gasteiger partial charge in [0.2, 0.25) is 0 Å². The van der Waals surface area contributed by atoms with E-state index in [1.807, 2.05) is 6.07 Å². The van der Waals surface area contributed by atoms with Crippen LogP contribution in [0.15, 0.2) is 36.4 Å². The Morgan fingerprint density at radius 2 is 2.04 bits per heavy atom. The van der Waals surface area contributed by atoms with Gasteiger partial charge in [0.15, 0.2) is 5.60 Å². The van der Waals surface area contributed by atoms with Gasteiger partial charge in [-0.1, -0.05) is 23.2 Å². The van der Waals surface area contributed by atoms with Crippen molar-refractivity contribution in [2.24, 2.45) is 0 Å². The molecule has 0 fully saturated rings. The summed E-state index contributed by atoms with van der Waals surface area (Å²) in [5.41, 5.74) is -1.32. The van der Waals surface area contributed by atoms with Gasteiger partial charge in [0, 0.05) is 11.8 Å². The Labute approximate surface area is 153 Å². The fraction of sp³-hybridized carbons (Fsp3) is 0.176. The number of benzene rings is 2. The third kappa shape index (κ3) is 4.83. The first kappa shape index (κ1) is 19.0. The van der Waals surface area contributed by atoms with Gasteiger partial charge in [-0.25, -0.2) is 4.39 Å². The van der Waals surface area contributed by atoms with Crippen LogP contribution < -0.4 is 10.1 Å². The van der Waals surface area contributed by atoms with Crippen LogP contribution in [0.5, 0.6) is 5.75 Å². The highest BCUT2D eigenvalue weighted by molar-refractivity contribution is 6.32. The number of hydrogen-bond acceptors (Lipinski definition) is 4. The van der Waals surface area contributed by atoms with Crippen molar-refractivity contribution in [3.05, 3.63) is 57.8 Å². The van der Waals surface area contributed by atoms with E-state index in [0.29, 0.717) is 5.69 Å². The van der Waals surface area contributed by atoms with E-state index in [9.17, 15) is 14.3 Å². The van der Waals surface area contributed by atoms with Gasteiger partial charge in [0.05, 0.1) is 15.6 Å². The first-order chi connectivity index (χ1) is 11.7. The van der Waals surface area contributed by atoms with Crippen molar-refractivity contribution in [2.75, 3.05) is 11.9 Å². The van der Waals surface area contributed by atoms with Crippen molar-refractivity contribution < 1.29 is 19.0 Å². The standard InChI is InChI=1S/C17H13Cl2FN2O3/c1-17(24,9-25-12-4-5-13(18)15(20)7-12)16(23)22-11-3-2-10(8-21)14(19)6-11/h2-7,24H,9H2,1H3,(H,22,23)/t17-/m0/s1. The average Bonchev–Trinajstić information content (AvgIpc) is 2.56.